The second-order valence-corrected chi connectivity index (χ2v) is 7.87. The Morgan fingerprint density at radius 2 is 2.10 bits per heavy atom. The summed E-state index contributed by atoms with van der Waals surface area (Å²) in [5, 5.41) is 12.9. The van der Waals surface area contributed by atoms with E-state index >= 15 is 0 Å². The third-order valence-corrected chi connectivity index (χ3v) is 6.00. The average molecular weight is 423 g/mol. The number of imidazole rings is 1. The zero-order valence-electron chi connectivity index (χ0n) is 16.4. The molecule has 0 aliphatic carbocycles. The van der Waals surface area contributed by atoms with Gasteiger partial charge in [-0.05, 0) is 30.0 Å². The molecule has 1 N–H and O–H groups in total. The number of aryl methyl sites for hydroxylation is 1. The van der Waals surface area contributed by atoms with Crippen molar-refractivity contribution < 1.29 is 19.4 Å². The Hall–Kier alpha value is -3.39. The van der Waals surface area contributed by atoms with E-state index in [0.717, 1.165) is 4.88 Å². The number of carbonyl (C=O) groups is 2. The fourth-order valence-corrected chi connectivity index (χ4v) is 4.47. The van der Waals surface area contributed by atoms with Gasteiger partial charge in [-0.1, -0.05) is 18.2 Å². The number of hydrogen-bond donors (Lipinski definition) is 1. The largest absolute Gasteiger partial charge is 0.507 e. The summed E-state index contributed by atoms with van der Waals surface area (Å²) in [7, 11) is 1.53. The van der Waals surface area contributed by atoms with Gasteiger partial charge in [0.1, 0.15) is 11.5 Å². The molecule has 1 aliphatic heterocycles. The van der Waals surface area contributed by atoms with Crippen LogP contribution in [0.1, 0.15) is 22.9 Å². The van der Waals surface area contributed by atoms with Crippen molar-refractivity contribution in [2.45, 2.75) is 19.0 Å². The van der Waals surface area contributed by atoms with Crippen molar-refractivity contribution in [3.05, 3.63) is 76.5 Å². The Bertz CT molecular complexity index is 1070. The van der Waals surface area contributed by atoms with Gasteiger partial charge in [0.05, 0.1) is 25.1 Å². The van der Waals surface area contributed by atoms with Crippen LogP contribution in [0.5, 0.6) is 5.75 Å². The number of ether oxygens (including phenoxy) is 1. The monoisotopic (exact) mass is 423 g/mol. The van der Waals surface area contributed by atoms with Crippen LogP contribution in [0.4, 0.5) is 0 Å². The number of aliphatic hydroxyl groups is 1. The molecular weight excluding hydrogens is 402 g/mol. The van der Waals surface area contributed by atoms with Gasteiger partial charge < -0.3 is 19.3 Å². The number of methoxy groups -OCH3 is 1. The highest BCUT2D eigenvalue weighted by Gasteiger charge is 2.46. The molecule has 154 valence electrons. The lowest BCUT2D eigenvalue weighted by Crippen LogP contribution is -2.31. The van der Waals surface area contributed by atoms with Crippen LogP contribution in [-0.4, -0.2) is 44.9 Å². The first-order valence-electron chi connectivity index (χ1n) is 9.52. The molecule has 1 aliphatic rings. The molecule has 3 heterocycles. The van der Waals surface area contributed by atoms with E-state index in [4.69, 9.17) is 4.74 Å². The molecule has 1 atom stereocenters. The summed E-state index contributed by atoms with van der Waals surface area (Å²) in [6.07, 6.45) is 5.93. The predicted octanol–water partition coefficient (Wildman–Crippen LogP) is 3.47. The van der Waals surface area contributed by atoms with Crippen molar-refractivity contribution in [3.8, 4) is 5.75 Å². The van der Waals surface area contributed by atoms with Crippen molar-refractivity contribution in [1.82, 2.24) is 14.5 Å². The van der Waals surface area contributed by atoms with Crippen LogP contribution in [0.15, 0.2) is 66.1 Å². The highest BCUT2D eigenvalue weighted by Crippen LogP contribution is 2.41. The molecule has 8 heteroatoms. The van der Waals surface area contributed by atoms with Gasteiger partial charge in [-0.2, -0.15) is 0 Å². The van der Waals surface area contributed by atoms with Gasteiger partial charge in [-0.25, -0.2) is 4.98 Å². The van der Waals surface area contributed by atoms with E-state index in [9.17, 15) is 14.7 Å². The van der Waals surface area contributed by atoms with Crippen molar-refractivity contribution >= 4 is 28.8 Å². The molecule has 2 aromatic heterocycles. The summed E-state index contributed by atoms with van der Waals surface area (Å²) in [5.41, 5.74) is 0.547. The third-order valence-electron chi connectivity index (χ3n) is 5.07. The van der Waals surface area contributed by atoms with E-state index in [2.05, 4.69) is 4.98 Å². The van der Waals surface area contributed by atoms with Crippen LogP contribution in [0.3, 0.4) is 0 Å². The van der Waals surface area contributed by atoms with E-state index in [-0.39, 0.29) is 11.3 Å². The molecule has 1 fully saturated rings. The van der Waals surface area contributed by atoms with Crippen molar-refractivity contribution in [2.24, 2.45) is 0 Å². The minimum absolute atomic E-state index is 0.110. The Labute approximate surface area is 177 Å². The molecule has 4 rings (SSSR count). The molecule has 3 aromatic rings. The van der Waals surface area contributed by atoms with Gasteiger partial charge in [-0.15, -0.1) is 11.3 Å². The Balaban J connectivity index is 1.69. The van der Waals surface area contributed by atoms with E-state index in [1.165, 1.54) is 18.4 Å². The quantitative estimate of drug-likeness (QED) is 0.357. The molecule has 0 saturated carbocycles. The Morgan fingerprint density at radius 3 is 2.80 bits per heavy atom. The zero-order chi connectivity index (χ0) is 21.1. The molecule has 0 spiro atoms. The number of Topliss-reactive ketones (excluding diaryl/α,β-unsaturated/α-hetero) is 1. The van der Waals surface area contributed by atoms with Gasteiger partial charge in [0.25, 0.3) is 11.7 Å². The van der Waals surface area contributed by atoms with Crippen LogP contribution in [0.2, 0.25) is 0 Å². The number of ketones is 1. The normalized spacial score (nSPS) is 18.2. The highest BCUT2D eigenvalue weighted by molar-refractivity contribution is 7.10. The van der Waals surface area contributed by atoms with Crippen LogP contribution in [-0.2, 0) is 16.1 Å². The average Bonchev–Trinajstić information content (AvgIpc) is 3.52. The topological polar surface area (TPSA) is 84.7 Å². The fraction of sp³-hybridized carbons (Fsp3) is 0.227. The maximum Gasteiger partial charge on any atom is 0.295 e. The lowest BCUT2D eigenvalue weighted by Gasteiger charge is -2.24. The van der Waals surface area contributed by atoms with Crippen LogP contribution >= 0.6 is 11.3 Å². The summed E-state index contributed by atoms with van der Waals surface area (Å²) in [6, 6.07) is 9.96. The van der Waals surface area contributed by atoms with Crippen LogP contribution in [0.25, 0.3) is 5.76 Å². The molecule has 0 unspecified atom stereocenters. The third kappa shape index (κ3) is 3.73. The standard InChI is InChI=1S/C22H21N3O4S/c1-29-16-6-2-5-15(13-16)20(26)18-19(17-7-3-12-30-17)25(22(28)21(18)27)10-4-9-24-11-8-23-14-24/h2-3,5-8,11-14,19,26H,4,9-10H2,1H3/b20-18+/t19-/m1/s1. The van der Waals surface area contributed by atoms with Crippen LogP contribution in [0, 0.1) is 0 Å². The van der Waals surface area contributed by atoms with Crippen molar-refractivity contribution in [3.63, 3.8) is 0 Å². The first kappa shape index (κ1) is 19.9. The van der Waals surface area contributed by atoms with Gasteiger partial charge in [0, 0.05) is 35.9 Å². The molecule has 0 bridgehead atoms. The second kappa shape index (κ2) is 8.54. The number of hydrogen-bond acceptors (Lipinski definition) is 6. The minimum atomic E-state index is -0.670. The highest BCUT2D eigenvalue weighted by atomic mass is 32.1. The number of nitrogens with zero attached hydrogens (tertiary/aromatic N) is 3. The molecular formula is C22H21N3O4S. The number of carbonyl (C=O) groups excluding carboxylic acids is 2. The van der Waals surface area contributed by atoms with Gasteiger partial charge >= 0.3 is 0 Å². The van der Waals surface area contributed by atoms with Gasteiger partial charge in [-0.3, -0.25) is 9.59 Å². The smallest absolute Gasteiger partial charge is 0.295 e. The minimum Gasteiger partial charge on any atom is -0.507 e. The number of likely N-dealkylation sites (tertiary alicyclic amines) is 1. The number of rotatable bonds is 7. The maximum absolute atomic E-state index is 12.9. The van der Waals surface area contributed by atoms with Crippen molar-refractivity contribution in [1.29, 1.82) is 0 Å². The summed E-state index contributed by atoms with van der Waals surface area (Å²) < 4.78 is 7.15. The molecule has 1 aromatic carbocycles. The SMILES string of the molecule is COc1cccc(/C(O)=C2\C(=O)C(=O)N(CCCn3ccnc3)[C@@H]2c2cccs2)c1. The van der Waals surface area contributed by atoms with E-state index in [1.807, 2.05) is 28.3 Å². The number of aliphatic hydroxyl groups excluding tert-OH is 1. The maximum atomic E-state index is 12.9. The molecule has 30 heavy (non-hydrogen) atoms. The lowest BCUT2D eigenvalue weighted by atomic mass is 9.99. The predicted molar refractivity (Wildman–Crippen MR) is 113 cm³/mol. The van der Waals surface area contributed by atoms with E-state index in [0.29, 0.717) is 30.8 Å². The Morgan fingerprint density at radius 1 is 1.23 bits per heavy atom. The first-order chi connectivity index (χ1) is 14.6. The zero-order valence-corrected chi connectivity index (χ0v) is 17.2. The number of benzene rings is 1. The molecule has 7 nitrogen and oxygen atoms in total. The Kier molecular flexibility index (Phi) is 5.67. The van der Waals surface area contributed by atoms with Gasteiger partial charge in [0.2, 0.25) is 0 Å². The lowest BCUT2D eigenvalue weighted by molar-refractivity contribution is -0.139. The molecule has 1 amide bonds. The summed E-state index contributed by atoms with van der Waals surface area (Å²) in [4.78, 5) is 32.2. The number of thiophene rings is 1. The van der Waals surface area contributed by atoms with E-state index in [1.54, 1.807) is 41.7 Å². The molecule has 0 radical (unpaired) electrons. The summed E-state index contributed by atoms with van der Waals surface area (Å²) in [6.45, 7) is 1.07. The second-order valence-electron chi connectivity index (χ2n) is 6.89. The number of aromatic nitrogens is 2. The fourth-order valence-electron chi connectivity index (χ4n) is 3.62. The summed E-state index contributed by atoms with van der Waals surface area (Å²) >= 11 is 1.45. The van der Waals surface area contributed by atoms with Crippen LogP contribution < -0.4 is 4.74 Å². The van der Waals surface area contributed by atoms with Crippen molar-refractivity contribution in [2.75, 3.05) is 13.7 Å². The summed E-state index contributed by atoms with van der Waals surface area (Å²) in [5.74, 6) is -0.899. The van der Waals surface area contributed by atoms with Gasteiger partial charge in [0.15, 0.2) is 0 Å². The molecule has 1 saturated heterocycles. The first-order valence-corrected chi connectivity index (χ1v) is 10.4. The van der Waals surface area contributed by atoms with E-state index < -0.39 is 17.7 Å². The number of amides is 1.